The molecule has 1 fully saturated rings. The molecule has 3 atom stereocenters. The summed E-state index contributed by atoms with van der Waals surface area (Å²) < 4.78 is 0. The van der Waals surface area contributed by atoms with Gasteiger partial charge in [0.15, 0.2) is 0 Å². The third kappa shape index (κ3) is 4.78. The van der Waals surface area contributed by atoms with Crippen LogP contribution in [-0.2, 0) is 9.59 Å². The highest BCUT2D eigenvalue weighted by Crippen LogP contribution is 2.19. The summed E-state index contributed by atoms with van der Waals surface area (Å²) >= 11 is 0. The summed E-state index contributed by atoms with van der Waals surface area (Å²) in [5, 5.41) is 11.8. The van der Waals surface area contributed by atoms with Crippen LogP contribution in [0.3, 0.4) is 0 Å². The molecule has 5 nitrogen and oxygen atoms in total. The molecule has 0 aromatic rings. The number of aliphatic hydroxyl groups excluding tert-OH is 1. The first-order chi connectivity index (χ1) is 9.49. The van der Waals surface area contributed by atoms with E-state index >= 15 is 0 Å². The number of rotatable bonds is 6. The fourth-order valence-electron chi connectivity index (χ4n) is 2.36. The van der Waals surface area contributed by atoms with Crippen molar-refractivity contribution < 1.29 is 14.7 Å². The van der Waals surface area contributed by atoms with Crippen molar-refractivity contribution in [1.82, 2.24) is 10.2 Å². The van der Waals surface area contributed by atoms with Crippen LogP contribution in [0, 0.1) is 17.8 Å². The second-order valence-electron chi connectivity index (χ2n) is 5.97. The molecule has 1 aliphatic heterocycles. The van der Waals surface area contributed by atoms with E-state index in [0.717, 1.165) is 25.8 Å². The summed E-state index contributed by atoms with van der Waals surface area (Å²) in [4.78, 5) is 26.1. The van der Waals surface area contributed by atoms with Gasteiger partial charge in [0.2, 0.25) is 11.8 Å². The Morgan fingerprint density at radius 1 is 1.40 bits per heavy atom. The van der Waals surface area contributed by atoms with Gasteiger partial charge >= 0.3 is 0 Å². The molecule has 0 aliphatic carbocycles. The van der Waals surface area contributed by atoms with E-state index in [1.54, 1.807) is 0 Å². The Balaban J connectivity index is 2.47. The highest BCUT2D eigenvalue weighted by molar-refractivity contribution is 5.82. The Bertz CT molecular complexity index is 333. The van der Waals surface area contributed by atoms with E-state index < -0.39 is 0 Å². The highest BCUT2D eigenvalue weighted by atomic mass is 16.3. The molecule has 0 bridgehead atoms. The first-order valence-electron chi connectivity index (χ1n) is 7.66. The lowest BCUT2D eigenvalue weighted by Crippen LogP contribution is -2.47. The molecule has 0 saturated carbocycles. The summed E-state index contributed by atoms with van der Waals surface area (Å²) in [6.45, 7) is 7.69. The number of hydrogen-bond acceptors (Lipinski definition) is 3. The van der Waals surface area contributed by atoms with Gasteiger partial charge in [0.05, 0.1) is 5.92 Å². The third-order valence-corrected chi connectivity index (χ3v) is 4.07. The molecule has 2 N–H and O–H groups in total. The molecule has 1 aliphatic rings. The summed E-state index contributed by atoms with van der Waals surface area (Å²) in [6, 6.07) is 0. The molecule has 0 aromatic heterocycles. The van der Waals surface area contributed by atoms with Crippen molar-refractivity contribution in [3.63, 3.8) is 0 Å². The number of nitrogens with zero attached hydrogens (tertiary/aromatic N) is 1. The molecule has 0 aromatic carbocycles. The zero-order valence-electron chi connectivity index (χ0n) is 12.9. The maximum absolute atomic E-state index is 12.2. The highest BCUT2D eigenvalue weighted by Gasteiger charge is 2.29. The van der Waals surface area contributed by atoms with Gasteiger partial charge in [-0.25, -0.2) is 0 Å². The van der Waals surface area contributed by atoms with Crippen LogP contribution in [0.1, 0.15) is 40.0 Å². The maximum atomic E-state index is 12.2. The van der Waals surface area contributed by atoms with Crippen molar-refractivity contribution >= 4 is 11.8 Å². The molecule has 1 rings (SSSR count). The molecule has 5 heteroatoms. The Hall–Kier alpha value is -1.10. The second kappa shape index (κ2) is 8.25. The molecule has 2 amide bonds. The zero-order chi connectivity index (χ0) is 15.1. The van der Waals surface area contributed by atoms with E-state index in [-0.39, 0.29) is 36.2 Å². The standard InChI is InChI=1S/C15H28N2O3/c1-4-12(3)15(20)17-7-5-6-13(9-17)14(19)16-8-11(2)10-18/h11-13,18H,4-10H2,1-3H3,(H,16,19). The van der Waals surface area contributed by atoms with Crippen molar-refractivity contribution in [2.24, 2.45) is 17.8 Å². The normalized spacial score (nSPS) is 22.2. The average Bonchev–Trinajstić information content (AvgIpc) is 2.50. The first-order valence-corrected chi connectivity index (χ1v) is 7.66. The number of carbonyl (C=O) groups excluding carboxylic acids is 2. The second-order valence-corrected chi connectivity index (χ2v) is 5.97. The number of carbonyl (C=O) groups is 2. The topological polar surface area (TPSA) is 69.6 Å². The van der Waals surface area contributed by atoms with Gasteiger partial charge in [-0.2, -0.15) is 0 Å². The lowest BCUT2D eigenvalue weighted by Gasteiger charge is -2.33. The molecular weight excluding hydrogens is 256 g/mol. The van der Waals surface area contributed by atoms with Crippen LogP contribution in [-0.4, -0.2) is 48.1 Å². The monoisotopic (exact) mass is 284 g/mol. The minimum atomic E-state index is -0.109. The molecule has 0 radical (unpaired) electrons. The molecule has 116 valence electrons. The van der Waals surface area contributed by atoms with Gasteiger partial charge in [-0.1, -0.05) is 20.8 Å². The first kappa shape index (κ1) is 17.0. The van der Waals surface area contributed by atoms with Gasteiger partial charge in [0, 0.05) is 32.2 Å². The number of likely N-dealkylation sites (tertiary alicyclic amines) is 1. The van der Waals surface area contributed by atoms with Gasteiger partial charge < -0.3 is 15.3 Å². The van der Waals surface area contributed by atoms with Gasteiger partial charge in [-0.05, 0) is 25.2 Å². The van der Waals surface area contributed by atoms with Gasteiger partial charge in [-0.15, -0.1) is 0 Å². The Morgan fingerprint density at radius 3 is 2.70 bits per heavy atom. The lowest BCUT2D eigenvalue weighted by atomic mass is 9.95. The number of piperidine rings is 1. The van der Waals surface area contributed by atoms with E-state index in [9.17, 15) is 9.59 Å². The van der Waals surface area contributed by atoms with Gasteiger partial charge in [-0.3, -0.25) is 9.59 Å². The van der Waals surface area contributed by atoms with E-state index in [4.69, 9.17) is 5.11 Å². The number of nitrogens with one attached hydrogen (secondary N) is 1. The van der Waals surface area contributed by atoms with E-state index in [1.165, 1.54) is 0 Å². The van der Waals surface area contributed by atoms with Crippen molar-refractivity contribution in [3.05, 3.63) is 0 Å². The fraction of sp³-hybridized carbons (Fsp3) is 0.867. The molecule has 3 unspecified atom stereocenters. The van der Waals surface area contributed by atoms with Gasteiger partial charge in [0.1, 0.15) is 0 Å². The van der Waals surface area contributed by atoms with Crippen LogP contribution in [0.25, 0.3) is 0 Å². The van der Waals surface area contributed by atoms with Crippen molar-refractivity contribution in [2.75, 3.05) is 26.2 Å². The van der Waals surface area contributed by atoms with Gasteiger partial charge in [0.25, 0.3) is 0 Å². The van der Waals surface area contributed by atoms with Crippen LogP contribution in [0.5, 0.6) is 0 Å². The zero-order valence-corrected chi connectivity index (χ0v) is 12.9. The quantitative estimate of drug-likeness (QED) is 0.765. The molecule has 1 saturated heterocycles. The average molecular weight is 284 g/mol. The van der Waals surface area contributed by atoms with Crippen molar-refractivity contribution in [2.45, 2.75) is 40.0 Å². The predicted octanol–water partition coefficient (Wildman–Crippen LogP) is 1.02. The Kier molecular flexibility index (Phi) is 6.99. The predicted molar refractivity (Wildman–Crippen MR) is 78.0 cm³/mol. The van der Waals surface area contributed by atoms with Crippen LogP contribution in [0.2, 0.25) is 0 Å². The SMILES string of the molecule is CCC(C)C(=O)N1CCCC(C(=O)NCC(C)CO)C1. The molecule has 1 heterocycles. The van der Waals surface area contributed by atoms with Crippen molar-refractivity contribution in [3.8, 4) is 0 Å². The number of amides is 2. The summed E-state index contributed by atoms with van der Waals surface area (Å²) in [6.07, 6.45) is 2.56. The number of aliphatic hydroxyl groups is 1. The molecule has 20 heavy (non-hydrogen) atoms. The minimum Gasteiger partial charge on any atom is -0.396 e. The summed E-state index contributed by atoms with van der Waals surface area (Å²) in [5.41, 5.74) is 0. The largest absolute Gasteiger partial charge is 0.396 e. The van der Waals surface area contributed by atoms with E-state index in [0.29, 0.717) is 13.1 Å². The van der Waals surface area contributed by atoms with E-state index in [1.807, 2.05) is 25.7 Å². The summed E-state index contributed by atoms with van der Waals surface area (Å²) in [5.74, 6) is 0.162. The van der Waals surface area contributed by atoms with Crippen LogP contribution in [0.4, 0.5) is 0 Å². The van der Waals surface area contributed by atoms with Crippen LogP contribution >= 0.6 is 0 Å². The summed E-state index contributed by atoms with van der Waals surface area (Å²) in [7, 11) is 0. The molecular formula is C15H28N2O3. The molecule has 0 spiro atoms. The maximum Gasteiger partial charge on any atom is 0.225 e. The smallest absolute Gasteiger partial charge is 0.225 e. The Morgan fingerprint density at radius 2 is 2.10 bits per heavy atom. The van der Waals surface area contributed by atoms with E-state index in [2.05, 4.69) is 5.32 Å². The fourth-order valence-corrected chi connectivity index (χ4v) is 2.36. The Labute approximate surface area is 121 Å². The lowest BCUT2D eigenvalue weighted by molar-refractivity contribution is -0.139. The van der Waals surface area contributed by atoms with Crippen LogP contribution < -0.4 is 5.32 Å². The van der Waals surface area contributed by atoms with Crippen LogP contribution in [0.15, 0.2) is 0 Å². The minimum absolute atomic E-state index is 0.00644. The third-order valence-electron chi connectivity index (χ3n) is 4.07. The number of hydrogen-bond donors (Lipinski definition) is 2. The van der Waals surface area contributed by atoms with Crippen molar-refractivity contribution in [1.29, 1.82) is 0 Å².